The molecule has 2 N–H and O–H groups in total. The van der Waals surface area contributed by atoms with E-state index in [1.54, 1.807) is 7.05 Å². The lowest BCUT2D eigenvalue weighted by Gasteiger charge is -2.09. The highest BCUT2D eigenvalue weighted by Gasteiger charge is 2.05. The van der Waals surface area contributed by atoms with Gasteiger partial charge in [-0.05, 0) is 18.6 Å². The summed E-state index contributed by atoms with van der Waals surface area (Å²) in [6.45, 7) is 1.13. The first-order valence-corrected chi connectivity index (χ1v) is 6.41. The molecule has 0 saturated heterocycles. The number of ether oxygens (including phenoxy) is 1. The summed E-state index contributed by atoms with van der Waals surface area (Å²) in [6.07, 6.45) is 1.88. The van der Waals surface area contributed by atoms with Crippen molar-refractivity contribution < 1.29 is 9.13 Å². The van der Waals surface area contributed by atoms with Crippen molar-refractivity contribution in [3.05, 3.63) is 42.3 Å². The highest BCUT2D eigenvalue weighted by atomic mass is 19.1. The van der Waals surface area contributed by atoms with Gasteiger partial charge in [-0.1, -0.05) is 18.2 Å². The van der Waals surface area contributed by atoms with Crippen molar-refractivity contribution in [3.8, 4) is 5.75 Å². The summed E-state index contributed by atoms with van der Waals surface area (Å²) in [7, 11) is 1.69. The van der Waals surface area contributed by atoms with Crippen LogP contribution in [0.3, 0.4) is 0 Å². The van der Waals surface area contributed by atoms with E-state index in [0.717, 1.165) is 18.4 Å². The van der Waals surface area contributed by atoms with Crippen molar-refractivity contribution in [3.63, 3.8) is 0 Å². The van der Waals surface area contributed by atoms with Gasteiger partial charge in [-0.15, -0.1) is 0 Å². The third-order valence-electron chi connectivity index (χ3n) is 2.59. The van der Waals surface area contributed by atoms with Crippen molar-refractivity contribution in [1.82, 2.24) is 9.97 Å². The van der Waals surface area contributed by atoms with Gasteiger partial charge < -0.3 is 15.4 Å². The molecule has 20 heavy (non-hydrogen) atoms. The summed E-state index contributed by atoms with van der Waals surface area (Å²) < 4.78 is 19.0. The molecule has 0 atom stereocenters. The van der Waals surface area contributed by atoms with Crippen molar-refractivity contribution in [2.45, 2.75) is 6.42 Å². The fourth-order valence-corrected chi connectivity index (χ4v) is 1.60. The molecule has 5 nitrogen and oxygen atoms in total. The van der Waals surface area contributed by atoms with E-state index >= 15 is 0 Å². The first-order valence-electron chi connectivity index (χ1n) is 6.41. The molecule has 0 aliphatic rings. The zero-order valence-corrected chi connectivity index (χ0v) is 11.3. The van der Waals surface area contributed by atoms with E-state index in [-0.39, 0.29) is 5.82 Å². The van der Waals surface area contributed by atoms with E-state index in [1.807, 2.05) is 30.3 Å². The Bertz CT molecular complexity index is 536. The van der Waals surface area contributed by atoms with Gasteiger partial charge in [-0.2, -0.15) is 4.98 Å². The third-order valence-corrected chi connectivity index (χ3v) is 2.59. The van der Waals surface area contributed by atoms with E-state index in [2.05, 4.69) is 20.6 Å². The number of anilines is 2. The first-order chi connectivity index (χ1) is 9.79. The smallest absolute Gasteiger partial charge is 0.224 e. The number of nitrogens with one attached hydrogen (secondary N) is 2. The molecule has 106 valence electrons. The van der Waals surface area contributed by atoms with E-state index in [0.29, 0.717) is 19.1 Å². The van der Waals surface area contributed by atoms with Crippen LogP contribution in [0.1, 0.15) is 6.42 Å². The Kier molecular flexibility index (Phi) is 5.11. The average Bonchev–Trinajstić information content (AvgIpc) is 2.50. The lowest BCUT2D eigenvalue weighted by atomic mass is 10.3. The largest absolute Gasteiger partial charge is 0.494 e. The third kappa shape index (κ3) is 4.08. The molecule has 0 unspecified atom stereocenters. The number of hydrogen-bond acceptors (Lipinski definition) is 5. The average molecular weight is 276 g/mol. The molecular formula is C14H17FN4O. The van der Waals surface area contributed by atoms with Crippen LogP contribution in [-0.2, 0) is 0 Å². The van der Waals surface area contributed by atoms with Crippen molar-refractivity contribution in [1.29, 1.82) is 0 Å². The van der Waals surface area contributed by atoms with Crippen LogP contribution in [0.2, 0.25) is 0 Å². The Hall–Kier alpha value is -2.37. The zero-order chi connectivity index (χ0) is 14.2. The highest BCUT2D eigenvalue weighted by Crippen LogP contribution is 2.12. The van der Waals surface area contributed by atoms with Crippen LogP contribution in [0, 0.1) is 5.82 Å². The summed E-state index contributed by atoms with van der Waals surface area (Å²) >= 11 is 0. The molecule has 0 aliphatic heterocycles. The molecule has 0 bridgehead atoms. The molecule has 2 rings (SSSR count). The molecule has 1 heterocycles. The highest BCUT2D eigenvalue weighted by molar-refractivity contribution is 5.40. The summed E-state index contributed by atoms with van der Waals surface area (Å²) in [5.74, 6) is 0.949. The van der Waals surface area contributed by atoms with Crippen LogP contribution in [0.5, 0.6) is 5.75 Å². The summed E-state index contributed by atoms with van der Waals surface area (Å²) in [5, 5.41) is 5.69. The summed E-state index contributed by atoms with van der Waals surface area (Å²) in [4.78, 5) is 7.78. The number of benzene rings is 1. The zero-order valence-electron chi connectivity index (χ0n) is 11.3. The molecular weight excluding hydrogens is 259 g/mol. The molecule has 0 radical (unpaired) electrons. The second kappa shape index (κ2) is 7.28. The van der Waals surface area contributed by atoms with Gasteiger partial charge in [-0.25, -0.2) is 9.37 Å². The van der Waals surface area contributed by atoms with Crippen LogP contribution in [-0.4, -0.2) is 30.2 Å². The predicted molar refractivity (Wildman–Crippen MR) is 76.6 cm³/mol. The Morgan fingerprint density at radius 3 is 2.80 bits per heavy atom. The van der Waals surface area contributed by atoms with Gasteiger partial charge in [0.1, 0.15) is 5.75 Å². The maximum atomic E-state index is 13.4. The second-order valence-electron chi connectivity index (χ2n) is 4.08. The number of hydrogen-bond donors (Lipinski definition) is 2. The number of nitrogens with zero attached hydrogens (tertiary/aromatic N) is 2. The fourth-order valence-electron chi connectivity index (χ4n) is 1.60. The van der Waals surface area contributed by atoms with Crippen LogP contribution >= 0.6 is 0 Å². The maximum Gasteiger partial charge on any atom is 0.224 e. The molecule has 2 aromatic rings. The lowest BCUT2D eigenvalue weighted by molar-refractivity contribution is 0.315. The number of halogens is 1. The van der Waals surface area contributed by atoms with Gasteiger partial charge >= 0.3 is 0 Å². The molecule has 1 aromatic carbocycles. The van der Waals surface area contributed by atoms with Crippen LogP contribution < -0.4 is 15.4 Å². The van der Waals surface area contributed by atoms with Gasteiger partial charge in [0.2, 0.25) is 5.95 Å². The fraction of sp³-hybridized carbons (Fsp3) is 0.286. The molecule has 0 saturated carbocycles. The number of aromatic nitrogens is 2. The van der Waals surface area contributed by atoms with Crippen LogP contribution in [0.15, 0.2) is 36.5 Å². The maximum absolute atomic E-state index is 13.4. The first kappa shape index (κ1) is 14.0. The topological polar surface area (TPSA) is 59.1 Å². The normalized spacial score (nSPS) is 10.1. The second-order valence-corrected chi connectivity index (χ2v) is 4.08. The molecule has 0 aliphatic carbocycles. The SMILES string of the molecule is CNc1ncc(F)c(NCCCOc2ccccc2)n1. The van der Waals surface area contributed by atoms with E-state index < -0.39 is 5.82 Å². The Labute approximate surface area is 117 Å². The Morgan fingerprint density at radius 2 is 2.05 bits per heavy atom. The Morgan fingerprint density at radius 1 is 1.25 bits per heavy atom. The summed E-state index contributed by atoms with van der Waals surface area (Å²) in [5.41, 5.74) is 0. The quantitative estimate of drug-likeness (QED) is 0.761. The van der Waals surface area contributed by atoms with Crippen LogP contribution in [0.4, 0.5) is 16.2 Å². The molecule has 6 heteroatoms. The molecule has 0 amide bonds. The molecule has 1 aromatic heterocycles. The predicted octanol–water partition coefficient (Wildman–Crippen LogP) is 2.54. The van der Waals surface area contributed by atoms with Gasteiger partial charge in [0, 0.05) is 13.6 Å². The lowest BCUT2D eigenvalue weighted by Crippen LogP contribution is -2.11. The monoisotopic (exact) mass is 276 g/mol. The molecule has 0 fully saturated rings. The van der Waals surface area contributed by atoms with Crippen LogP contribution in [0.25, 0.3) is 0 Å². The van der Waals surface area contributed by atoms with Gasteiger partial charge in [0.05, 0.1) is 12.8 Å². The van der Waals surface area contributed by atoms with E-state index in [9.17, 15) is 4.39 Å². The number of para-hydroxylation sites is 1. The van der Waals surface area contributed by atoms with Crippen molar-refractivity contribution >= 4 is 11.8 Å². The Balaban J connectivity index is 1.73. The molecule has 0 spiro atoms. The summed E-state index contributed by atoms with van der Waals surface area (Å²) in [6, 6.07) is 9.57. The van der Waals surface area contributed by atoms with E-state index in [4.69, 9.17) is 4.74 Å². The van der Waals surface area contributed by atoms with Crippen molar-refractivity contribution in [2.24, 2.45) is 0 Å². The van der Waals surface area contributed by atoms with Gasteiger partial charge in [-0.3, -0.25) is 0 Å². The minimum Gasteiger partial charge on any atom is -0.494 e. The van der Waals surface area contributed by atoms with Crippen molar-refractivity contribution in [2.75, 3.05) is 30.8 Å². The van der Waals surface area contributed by atoms with E-state index in [1.165, 1.54) is 0 Å². The number of rotatable bonds is 7. The minimum atomic E-state index is -0.465. The van der Waals surface area contributed by atoms with Gasteiger partial charge in [0.15, 0.2) is 11.6 Å². The van der Waals surface area contributed by atoms with Gasteiger partial charge in [0.25, 0.3) is 0 Å². The minimum absolute atomic E-state index is 0.198. The standard InChI is InChI=1S/C14H17FN4O/c1-16-14-18-10-12(15)13(19-14)17-8-5-9-20-11-6-3-2-4-7-11/h2-4,6-7,10H,5,8-9H2,1H3,(H2,16,17,18,19).